The first-order chi connectivity index (χ1) is 10.2. The van der Waals surface area contributed by atoms with E-state index in [0.717, 1.165) is 16.7 Å². The molecule has 0 saturated carbocycles. The maximum Gasteiger partial charge on any atom is 0.335 e. The summed E-state index contributed by atoms with van der Waals surface area (Å²) in [4.78, 5) is 21.2. The number of hydrogen-bond acceptors (Lipinski definition) is 2. The Kier molecular flexibility index (Phi) is 7.74. The van der Waals surface area contributed by atoms with Crippen LogP contribution in [0.1, 0.15) is 50.4 Å². The van der Waals surface area contributed by atoms with Crippen LogP contribution in [-0.4, -0.2) is 17.0 Å². The normalized spacial score (nSPS) is 9.22. The summed E-state index contributed by atoms with van der Waals surface area (Å²) >= 11 is 0. The van der Waals surface area contributed by atoms with Crippen LogP contribution in [0.4, 0.5) is 0 Å². The molecule has 3 N–H and O–H groups in total. The molecule has 2 aromatic carbocycles. The molecule has 0 fully saturated rings. The number of carbonyl (C=O) groups excluding carboxylic acids is 1. The maximum absolute atomic E-state index is 10.7. The number of carboxylic acid groups (broad SMARTS) is 1. The Morgan fingerprint density at radius 3 is 1.52 bits per heavy atom. The van der Waals surface area contributed by atoms with Gasteiger partial charge in [0.15, 0.2) is 0 Å². The number of primary amides is 1. The highest BCUT2D eigenvalue weighted by Gasteiger charge is 2.02. The van der Waals surface area contributed by atoms with Crippen LogP contribution >= 0.6 is 0 Å². The molecule has 0 heterocycles. The zero-order valence-electron chi connectivity index (χ0n) is 13.3. The SMILES string of the molecule is C.Cc1ccc(C(=O)O)cc1C.Cc1ccc(C(N)=O)cc1C. The van der Waals surface area contributed by atoms with Crippen molar-refractivity contribution in [1.29, 1.82) is 0 Å². The minimum absolute atomic E-state index is 0. The number of nitrogens with two attached hydrogens (primary N) is 1. The number of aromatic carboxylic acids is 1. The van der Waals surface area contributed by atoms with Crippen molar-refractivity contribution in [2.75, 3.05) is 0 Å². The van der Waals surface area contributed by atoms with E-state index in [0.29, 0.717) is 11.1 Å². The van der Waals surface area contributed by atoms with Crippen LogP contribution in [0.25, 0.3) is 0 Å². The summed E-state index contributed by atoms with van der Waals surface area (Å²) in [6, 6.07) is 10.6. The molecule has 23 heavy (non-hydrogen) atoms. The van der Waals surface area contributed by atoms with Gasteiger partial charge in [-0.2, -0.15) is 0 Å². The zero-order chi connectivity index (χ0) is 16.9. The summed E-state index contributed by atoms with van der Waals surface area (Å²) in [7, 11) is 0. The van der Waals surface area contributed by atoms with Gasteiger partial charge in [-0.05, 0) is 74.2 Å². The van der Waals surface area contributed by atoms with Gasteiger partial charge in [0.05, 0.1) is 5.56 Å². The molecule has 124 valence electrons. The van der Waals surface area contributed by atoms with Crippen molar-refractivity contribution >= 4 is 11.9 Å². The van der Waals surface area contributed by atoms with Crippen LogP contribution in [0.15, 0.2) is 36.4 Å². The minimum atomic E-state index is -0.867. The standard InChI is InChI=1S/C9H11NO.C9H10O2.CH4/c2*1-6-3-4-8(9(10)11)5-7(6)2;/h3-5H,1-2H3,(H2,10,11);3-5H,1-2H3,(H,10,11);1H4. The molecule has 0 aromatic heterocycles. The third-order valence-corrected chi connectivity index (χ3v) is 3.55. The average Bonchev–Trinajstić information content (AvgIpc) is 2.45. The summed E-state index contributed by atoms with van der Waals surface area (Å²) in [6.07, 6.45) is 0. The molecule has 0 spiro atoms. The number of hydrogen-bond donors (Lipinski definition) is 2. The average molecular weight is 315 g/mol. The van der Waals surface area contributed by atoms with Gasteiger partial charge in [-0.1, -0.05) is 19.6 Å². The van der Waals surface area contributed by atoms with Gasteiger partial charge in [0.2, 0.25) is 5.91 Å². The van der Waals surface area contributed by atoms with Crippen molar-refractivity contribution in [3.8, 4) is 0 Å². The first-order valence-electron chi connectivity index (χ1n) is 6.90. The van der Waals surface area contributed by atoms with Crippen LogP contribution in [0.5, 0.6) is 0 Å². The van der Waals surface area contributed by atoms with Crippen molar-refractivity contribution in [3.63, 3.8) is 0 Å². The quantitative estimate of drug-likeness (QED) is 0.877. The van der Waals surface area contributed by atoms with E-state index in [1.165, 1.54) is 5.56 Å². The van der Waals surface area contributed by atoms with E-state index in [1.54, 1.807) is 24.3 Å². The highest BCUT2D eigenvalue weighted by Crippen LogP contribution is 2.09. The Labute approximate surface area is 138 Å². The molecule has 4 heteroatoms. The maximum atomic E-state index is 10.7. The Morgan fingerprint density at radius 1 is 0.783 bits per heavy atom. The van der Waals surface area contributed by atoms with Crippen molar-refractivity contribution in [1.82, 2.24) is 0 Å². The van der Waals surface area contributed by atoms with Gasteiger partial charge in [-0.25, -0.2) is 4.79 Å². The number of rotatable bonds is 2. The van der Waals surface area contributed by atoms with Crippen molar-refractivity contribution < 1.29 is 14.7 Å². The minimum Gasteiger partial charge on any atom is -0.478 e. The molecule has 0 atom stereocenters. The molecule has 2 rings (SSSR count). The summed E-state index contributed by atoms with van der Waals surface area (Å²) in [6.45, 7) is 7.82. The molecule has 0 bridgehead atoms. The predicted molar refractivity (Wildman–Crippen MR) is 94.0 cm³/mol. The third-order valence-electron chi connectivity index (χ3n) is 3.55. The molecule has 0 aliphatic rings. The van der Waals surface area contributed by atoms with E-state index in [1.807, 2.05) is 39.8 Å². The Balaban J connectivity index is 0.000000403. The molecular weight excluding hydrogens is 290 g/mol. The van der Waals surface area contributed by atoms with E-state index in [9.17, 15) is 9.59 Å². The summed E-state index contributed by atoms with van der Waals surface area (Å²) in [5.74, 6) is -1.23. The smallest absolute Gasteiger partial charge is 0.335 e. The molecule has 0 aliphatic carbocycles. The van der Waals surface area contributed by atoms with Gasteiger partial charge in [0.1, 0.15) is 0 Å². The van der Waals surface area contributed by atoms with Crippen LogP contribution in [0.3, 0.4) is 0 Å². The first kappa shape index (κ1) is 20.4. The Bertz CT molecular complexity index is 644. The van der Waals surface area contributed by atoms with Gasteiger partial charge in [-0.3, -0.25) is 4.79 Å². The largest absolute Gasteiger partial charge is 0.478 e. The molecule has 0 saturated heterocycles. The molecule has 1 amide bonds. The highest BCUT2D eigenvalue weighted by molar-refractivity contribution is 5.93. The second kappa shape index (κ2) is 8.73. The van der Waals surface area contributed by atoms with Crippen molar-refractivity contribution in [2.45, 2.75) is 35.1 Å². The predicted octanol–water partition coefficient (Wildman–Crippen LogP) is 4.04. The van der Waals surface area contributed by atoms with E-state index < -0.39 is 5.97 Å². The van der Waals surface area contributed by atoms with Gasteiger partial charge in [0.25, 0.3) is 0 Å². The Hall–Kier alpha value is -2.62. The monoisotopic (exact) mass is 315 g/mol. The molecule has 0 aliphatic heterocycles. The molecular formula is C19H25NO3. The van der Waals surface area contributed by atoms with Crippen LogP contribution in [0.2, 0.25) is 0 Å². The van der Waals surface area contributed by atoms with Crippen molar-refractivity contribution in [3.05, 3.63) is 69.8 Å². The number of benzene rings is 2. The van der Waals surface area contributed by atoms with Gasteiger partial charge in [-0.15, -0.1) is 0 Å². The lowest BCUT2D eigenvalue weighted by Gasteiger charge is -2.00. The van der Waals surface area contributed by atoms with E-state index in [-0.39, 0.29) is 13.3 Å². The second-order valence-corrected chi connectivity index (χ2v) is 5.27. The fourth-order valence-corrected chi connectivity index (χ4v) is 1.77. The second-order valence-electron chi connectivity index (χ2n) is 5.27. The molecule has 4 nitrogen and oxygen atoms in total. The van der Waals surface area contributed by atoms with Crippen LogP contribution in [-0.2, 0) is 0 Å². The fourth-order valence-electron chi connectivity index (χ4n) is 1.77. The molecule has 0 unspecified atom stereocenters. The van der Waals surface area contributed by atoms with Gasteiger partial charge in [0, 0.05) is 5.56 Å². The van der Waals surface area contributed by atoms with Crippen molar-refractivity contribution in [2.24, 2.45) is 5.73 Å². The van der Waals surface area contributed by atoms with Crippen LogP contribution in [0, 0.1) is 27.7 Å². The topological polar surface area (TPSA) is 80.4 Å². The van der Waals surface area contributed by atoms with E-state index >= 15 is 0 Å². The lowest BCUT2D eigenvalue weighted by molar-refractivity contribution is 0.0696. The first-order valence-corrected chi connectivity index (χ1v) is 6.90. The molecule has 0 radical (unpaired) electrons. The summed E-state index contributed by atoms with van der Waals surface area (Å²) in [5.41, 5.74) is 10.4. The number of carbonyl (C=O) groups is 2. The highest BCUT2D eigenvalue weighted by atomic mass is 16.4. The fraction of sp³-hybridized carbons (Fsp3) is 0.263. The van der Waals surface area contributed by atoms with Crippen LogP contribution < -0.4 is 5.73 Å². The number of carboxylic acids is 1. The number of aryl methyl sites for hydroxylation is 4. The lowest BCUT2D eigenvalue weighted by Crippen LogP contribution is -2.10. The lowest BCUT2D eigenvalue weighted by atomic mass is 10.1. The molecule has 2 aromatic rings. The number of amides is 1. The summed E-state index contributed by atoms with van der Waals surface area (Å²) in [5, 5.41) is 8.60. The van der Waals surface area contributed by atoms with Gasteiger partial charge >= 0.3 is 5.97 Å². The Morgan fingerprint density at radius 2 is 1.17 bits per heavy atom. The van der Waals surface area contributed by atoms with Gasteiger partial charge < -0.3 is 10.8 Å². The third kappa shape index (κ3) is 5.94. The van der Waals surface area contributed by atoms with E-state index in [2.05, 4.69) is 0 Å². The summed E-state index contributed by atoms with van der Waals surface area (Å²) < 4.78 is 0. The van der Waals surface area contributed by atoms with E-state index in [4.69, 9.17) is 10.8 Å². The zero-order valence-corrected chi connectivity index (χ0v) is 13.3.